The Labute approximate surface area is 165 Å². The Morgan fingerprint density at radius 1 is 1.00 bits per heavy atom. The minimum Gasteiger partial charge on any atom is -0.352 e. The molecule has 146 valence electrons. The topological polar surface area (TPSA) is 63.1 Å². The van der Waals surface area contributed by atoms with Gasteiger partial charge in [-0.3, -0.25) is 9.59 Å². The van der Waals surface area contributed by atoms with Crippen LogP contribution < -0.4 is 10.6 Å². The van der Waals surface area contributed by atoms with Crippen LogP contribution in [0.15, 0.2) is 54.7 Å². The van der Waals surface area contributed by atoms with Crippen molar-refractivity contribution < 1.29 is 9.59 Å². The first-order valence-electron chi connectivity index (χ1n) is 9.72. The zero-order chi connectivity index (χ0) is 20.1. The molecule has 0 saturated carbocycles. The second-order valence-electron chi connectivity index (χ2n) is 7.35. The van der Waals surface area contributed by atoms with Crippen LogP contribution in [0.3, 0.4) is 0 Å². The van der Waals surface area contributed by atoms with E-state index in [0.29, 0.717) is 30.1 Å². The van der Waals surface area contributed by atoms with Gasteiger partial charge < -0.3 is 15.2 Å². The third kappa shape index (κ3) is 4.42. The van der Waals surface area contributed by atoms with Crippen molar-refractivity contribution in [3.63, 3.8) is 0 Å². The fourth-order valence-electron chi connectivity index (χ4n) is 3.33. The van der Waals surface area contributed by atoms with Gasteiger partial charge >= 0.3 is 0 Å². The molecule has 0 aliphatic heterocycles. The van der Waals surface area contributed by atoms with Gasteiger partial charge in [-0.1, -0.05) is 44.2 Å². The molecule has 0 unspecified atom stereocenters. The second kappa shape index (κ2) is 8.74. The Balaban J connectivity index is 1.77. The first-order valence-corrected chi connectivity index (χ1v) is 9.72. The van der Waals surface area contributed by atoms with Crippen molar-refractivity contribution >= 4 is 22.7 Å². The molecule has 2 amide bonds. The van der Waals surface area contributed by atoms with E-state index in [0.717, 1.165) is 23.0 Å². The van der Waals surface area contributed by atoms with E-state index in [1.807, 2.05) is 55.6 Å². The largest absolute Gasteiger partial charge is 0.352 e. The summed E-state index contributed by atoms with van der Waals surface area (Å²) in [5.74, 6) is 0.276. The lowest BCUT2D eigenvalue weighted by atomic mass is 10.1. The third-order valence-electron chi connectivity index (χ3n) is 4.57. The van der Waals surface area contributed by atoms with Crippen LogP contribution in [-0.4, -0.2) is 22.9 Å². The molecule has 0 fully saturated rings. The van der Waals surface area contributed by atoms with Crippen LogP contribution in [0.25, 0.3) is 10.9 Å². The minimum absolute atomic E-state index is 0.104. The maximum Gasteiger partial charge on any atom is 0.253 e. The summed E-state index contributed by atoms with van der Waals surface area (Å²) in [5.41, 5.74) is 3.24. The number of para-hydroxylation sites is 1. The first-order chi connectivity index (χ1) is 13.5. The van der Waals surface area contributed by atoms with E-state index in [-0.39, 0.29) is 11.8 Å². The van der Waals surface area contributed by atoms with Crippen molar-refractivity contribution in [2.24, 2.45) is 5.92 Å². The van der Waals surface area contributed by atoms with Crippen LogP contribution >= 0.6 is 0 Å². The first kappa shape index (κ1) is 19.7. The fraction of sp³-hybridized carbons (Fsp3) is 0.304. The predicted octanol–water partition coefficient (Wildman–Crippen LogP) is 3.98. The smallest absolute Gasteiger partial charge is 0.253 e. The predicted molar refractivity (Wildman–Crippen MR) is 112 cm³/mol. The monoisotopic (exact) mass is 377 g/mol. The molecule has 0 bridgehead atoms. The Morgan fingerprint density at radius 3 is 2.54 bits per heavy atom. The van der Waals surface area contributed by atoms with Gasteiger partial charge in [0, 0.05) is 42.3 Å². The summed E-state index contributed by atoms with van der Waals surface area (Å²) >= 11 is 0. The number of hydrogen-bond acceptors (Lipinski definition) is 2. The number of carbonyl (C=O) groups is 2. The summed E-state index contributed by atoms with van der Waals surface area (Å²) < 4.78 is 2.14. The summed E-state index contributed by atoms with van der Waals surface area (Å²) in [7, 11) is 0. The molecule has 2 aromatic carbocycles. The minimum atomic E-state index is -0.109. The van der Waals surface area contributed by atoms with Gasteiger partial charge in [-0.2, -0.15) is 0 Å². The second-order valence-corrected chi connectivity index (χ2v) is 7.35. The quantitative estimate of drug-likeness (QED) is 0.654. The van der Waals surface area contributed by atoms with Gasteiger partial charge in [0.25, 0.3) is 11.8 Å². The molecule has 1 heterocycles. The molecular weight excluding hydrogens is 350 g/mol. The van der Waals surface area contributed by atoms with Crippen LogP contribution in [-0.2, 0) is 13.1 Å². The van der Waals surface area contributed by atoms with Gasteiger partial charge in [-0.25, -0.2) is 0 Å². The number of aromatic nitrogens is 1. The lowest BCUT2D eigenvalue weighted by Gasteiger charge is -2.08. The van der Waals surface area contributed by atoms with E-state index in [1.165, 1.54) is 0 Å². The maximum atomic E-state index is 12.8. The molecule has 0 atom stereocenters. The van der Waals surface area contributed by atoms with Crippen LogP contribution in [0.4, 0.5) is 0 Å². The maximum absolute atomic E-state index is 12.8. The number of nitrogens with one attached hydrogen (secondary N) is 2. The van der Waals surface area contributed by atoms with E-state index in [1.54, 1.807) is 6.07 Å². The van der Waals surface area contributed by atoms with Gasteiger partial charge in [-0.05, 0) is 36.6 Å². The van der Waals surface area contributed by atoms with Crippen molar-refractivity contribution in [3.8, 4) is 0 Å². The summed E-state index contributed by atoms with van der Waals surface area (Å²) in [4.78, 5) is 24.8. The molecule has 3 rings (SSSR count). The standard InChI is InChI=1S/C23H27N3O2/c1-4-24-22(27)18-9-7-8-17(12-18)13-25-23(28)20-15-26(14-16(2)3)21-11-6-5-10-19(20)21/h5-12,15-16H,4,13-14H2,1-3H3,(H,24,27)(H,25,28). The van der Waals surface area contributed by atoms with E-state index >= 15 is 0 Å². The molecule has 0 radical (unpaired) electrons. The van der Waals surface area contributed by atoms with Gasteiger partial charge in [0.2, 0.25) is 0 Å². The zero-order valence-corrected chi connectivity index (χ0v) is 16.7. The van der Waals surface area contributed by atoms with Crippen molar-refractivity contribution in [3.05, 3.63) is 71.4 Å². The summed E-state index contributed by atoms with van der Waals surface area (Å²) in [6.45, 7) is 8.03. The van der Waals surface area contributed by atoms with Gasteiger partial charge in [0.15, 0.2) is 0 Å². The molecule has 5 nitrogen and oxygen atoms in total. The highest BCUT2D eigenvalue weighted by atomic mass is 16.2. The number of nitrogens with zero attached hydrogens (tertiary/aromatic N) is 1. The number of rotatable bonds is 7. The van der Waals surface area contributed by atoms with Crippen molar-refractivity contribution in [1.82, 2.24) is 15.2 Å². The Morgan fingerprint density at radius 2 is 1.79 bits per heavy atom. The van der Waals surface area contributed by atoms with Crippen molar-refractivity contribution in [2.45, 2.75) is 33.9 Å². The number of fused-ring (bicyclic) bond motifs is 1. The van der Waals surface area contributed by atoms with E-state index in [2.05, 4.69) is 29.0 Å². The lowest BCUT2D eigenvalue weighted by Crippen LogP contribution is -2.24. The number of benzene rings is 2. The Kier molecular flexibility index (Phi) is 6.14. The highest BCUT2D eigenvalue weighted by Crippen LogP contribution is 2.22. The Bertz CT molecular complexity index is 988. The molecule has 0 spiro atoms. The molecule has 0 aliphatic rings. The Hall–Kier alpha value is -3.08. The van der Waals surface area contributed by atoms with E-state index in [9.17, 15) is 9.59 Å². The molecule has 2 N–H and O–H groups in total. The van der Waals surface area contributed by atoms with Gasteiger partial charge in [0.05, 0.1) is 5.56 Å². The van der Waals surface area contributed by atoms with Crippen molar-refractivity contribution in [1.29, 1.82) is 0 Å². The average molecular weight is 377 g/mol. The van der Waals surface area contributed by atoms with Gasteiger partial charge in [-0.15, -0.1) is 0 Å². The number of carbonyl (C=O) groups excluding carboxylic acids is 2. The van der Waals surface area contributed by atoms with Gasteiger partial charge in [0.1, 0.15) is 0 Å². The average Bonchev–Trinajstić information content (AvgIpc) is 3.05. The summed E-state index contributed by atoms with van der Waals surface area (Å²) in [6.07, 6.45) is 1.94. The molecule has 28 heavy (non-hydrogen) atoms. The molecule has 5 heteroatoms. The van der Waals surface area contributed by atoms with Crippen LogP contribution in [0.5, 0.6) is 0 Å². The third-order valence-corrected chi connectivity index (χ3v) is 4.57. The van der Waals surface area contributed by atoms with Crippen molar-refractivity contribution in [2.75, 3.05) is 6.54 Å². The zero-order valence-electron chi connectivity index (χ0n) is 16.7. The highest BCUT2D eigenvalue weighted by Gasteiger charge is 2.15. The van der Waals surface area contributed by atoms with Crippen LogP contribution in [0.1, 0.15) is 47.1 Å². The number of amides is 2. The SMILES string of the molecule is CCNC(=O)c1cccc(CNC(=O)c2cn(CC(C)C)c3ccccc23)c1. The summed E-state index contributed by atoms with van der Waals surface area (Å²) in [6, 6.07) is 15.3. The lowest BCUT2D eigenvalue weighted by molar-refractivity contribution is 0.0948. The van der Waals surface area contributed by atoms with Crippen LogP contribution in [0, 0.1) is 5.92 Å². The van der Waals surface area contributed by atoms with E-state index in [4.69, 9.17) is 0 Å². The van der Waals surface area contributed by atoms with E-state index < -0.39 is 0 Å². The van der Waals surface area contributed by atoms with Crippen LogP contribution in [0.2, 0.25) is 0 Å². The molecular formula is C23H27N3O2. The molecule has 3 aromatic rings. The highest BCUT2D eigenvalue weighted by molar-refractivity contribution is 6.07. The molecule has 0 aliphatic carbocycles. The normalized spacial score (nSPS) is 11.0. The number of hydrogen-bond donors (Lipinski definition) is 2. The molecule has 1 aromatic heterocycles. The molecule has 0 saturated heterocycles. The summed E-state index contributed by atoms with van der Waals surface area (Å²) in [5, 5.41) is 6.73. The fourth-order valence-corrected chi connectivity index (χ4v) is 3.33.